The summed E-state index contributed by atoms with van der Waals surface area (Å²) >= 11 is 0. The fourth-order valence-corrected chi connectivity index (χ4v) is 2.15. The molecule has 102 valence electrons. The van der Waals surface area contributed by atoms with Crippen LogP contribution >= 0.6 is 0 Å². The third kappa shape index (κ3) is 5.15. The number of hydrogen-bond acceptors (Lipinski definition) is 3. The van der Waals surface area contributed by atoms with E-state index in [1.807, 2.05) is 12.3 Å². The Labute approximate surface area is 112 Å². The molecule has 3 heteroatoms. The molecule has 0 aliphatic heterocycles. The number of pyridine rings is 1. The molecular formula is C15H27N3. The zero-order valence-corrected chi connectivity index (χ0v) is 12.1. The van der Waals surface area contributed by atoms with Crippen LogP contribution in [-0.2, 0) is 13.1 Å². The largest absolute Gasteiger partial charge is 0.313 e. The standard InChI is InChI=1S/C15H27N3/c1-4-10-18(11-5-2)13-15-14(12-16-6-3)8-7-9-17-15/h7-9,16H,4-6,10-13H2,1-3H3. The van der Waals surface area contributed by atoms with E-state index in [0.29, 0.717) is 0 Å². The van der Waals surface area contributed by atoms with Crippen molar-refractivity contribution in [3.05, 3.63) is 29.6 Å². The molecule has 0 aliphatic carbocycles. The third-order valence-corrected chi connectivity index (χ3v) is 3.00. The summed E-state index contributed by atoms with van der Waals surface area (Å²) in [6.45, 7) is 11.8. The first-order chi connectivity index (χ1) is 8.81. The van der Waals surface area contributed by atoms with E-state index >= 15 is 0 Å². The van der Waals surface area contributed by atoms with Crippen molar-refractivity contribution in [3.63, 3.8) is 0 Å². The fraction of sp³-hybridized carbons (Fsp3) is 0.667. The Hall–Kier alpha value is -0.930. The molecule has 0 fully saturated rings. The Kier molecular flexibility index (Phi) is 7.62. The average molecular weight is 249 g/mol. The van der Waals surface area contributed by atoms with Crippen molar-refractivity contribution in [1.82, 2.24) is 15.2 Å². The van der Waals surface area contributed by atoms with E-state index in [9.17, 15) is 0 Å². The summed E-state index contributed by atoms with van der Waals surface area (Å²) in [7, 11) is 0. The Morgan fingerprint density at radius 1 is 1.17 bits per heavy atom. The van der Waals surface area contributed by atoms with Crippen molar-refractivity contribution in [1.29, 1.82) is 0 Å². The summed E-state index contributed by atoms with van der Waals surface area (Å²) in [4.78, 5) is 7.05. The van der Waals surface area contributed by atoms with E-state index in [1.54, 1.807) is 0 Å². The number of hydrogen-bond donors (Lipinski definition) is 1. The molecule has 0 unspecified atom stereocenters. The second kappa shape index (κ2) is 9.06. The minimum Gasteiger partial charge on any atom is -0.313 e. The van der Waals surface area contributed by atoms with Crippen molar-refractivity contribution in [2.75, 3.05) is 19.6 Å². The predicted molar refractivity (Wildman–Crippen MR) is 77.5 cm³/mol. The second-order valence-electron chi connectivity index (χ2n) is 4.67. The molecule has 0 atom stereocenters. The lowest BCUT2D eigenvalue weighted by Crippen LogP contribution is -2.26. The highest BCUT2D eigenvalue weighted by Gasteiger charge is 2.08. The molecule has 1 aromatic rings. The lowest BCUT2D eigenvalue weighted by Gasteiger charge is -2.21. The topological polar surface area (TPSA) is 28.2 Å². The molecular weight excluding hydrogens is 222 g/mol. The molecule has 18 heavy (non-hydrogen) atoms. The van der Waals surface area contributed by atoms with E-state index in [4.69, 9.17) is 0 Å². The number of nitrogens with zero attached hydrogens (tertiary/aromatic N) is 2. The highest BCUT2D eigenvalue weighted by Crippen LogP contribution is 2.09. The van der Waals surface area contributed by atoms with E-state index in [1.165, 1.54) is 24.1 Å². The van der Waals surface area contributed by atoms with Crippen molar-refractivity contribution < 1.29 is 0 Å². The van der Waals surface area contributed by atoms with Gasteiger partial charge in [-0.1, -0.05) is 26.8 Å². The molecule has 0 bridgehead atoms. The van der Waals surface area contributed by atoms with Crippen LogP contribution in [0.25, 0.3) is 0 Å². The molecule has 0 aromatic carbocycles. The van der Waals surface area contributed by atoms with Crippen molar-refractivity contribution in [2.45, 2.75) is 46.7 Å². The van der Waals surface area contributed by atoms with Crippen LogP contribution in [0.15, 0.2) is 18.3 Å². The van der Waals surface area contributed by atoms with Crippen LogP contribution < -0.4 is 5.32 Å². The van der Waals surface area contributed by atoms with Crippen molar-refractivity contribution in [2.24, 2.45) is 0 Å². The minimum atomic E-state index is 0.922. The second-order valence-corrected chi connectivity index (χ2v) is 4.67. The molecule has 1 heterocycles. The van der Waals surface area contributed by atoms with E-state index in [0.717, 1.165) is 32.7 Å². The van der Waals surface area contributed by atoms with Gasteiger partial charge in [-0.25, -0.2) is 0 Å². The SMILES string of the molecule is CCCN(CCC)Cc1ncccc1CNCC. The molecule has 0 amide bonds. The number of rotatable bonds is 9. The summed E-state index contributed by atoms with van der Waals surface area (Å²) in [6, 6.07) is 4.21. The first kappa shape index (κ1) is 15.1. The lowest BCUT2D eigenvalue weighted by molar-refractivity contribution is 0.262. The molecule has 1 N–H and O–H groups in total. The Balaban J connectivity index is 2.67. The van der Waals surface area contributed by atoms with Gasteiger partial charge in [0, 0.05) is 19.3 Å². The smallest absolute Gasteiger partial charge is 0.0588 e. The number of aromatic nitrogens is 1. The van der Waals surface area contributed by atoms with Crippen LogP contribution in [-0.4, -0.2) is 29.5 Å². The Morgan fingerprint density at radius 2 is 1.89 bits per heavy atom. The van der Waals surface area contributed by atoms with E-state index in [-0.39, 0.29) is 0 Å². The van der Waals surface area contributed by atoms with Gasteiger partial charge in [0.1, 0.15) is 0 Å². The quantitative estimate of drug-likeness (QED) is 0.729. The van der Waals surface area contributed by atoms with Gasteiger partial charge in [-0.3, -0.25) is 9.88 Å². The molecule has 0 spiro atoms. The van der Waals surface area contributed by atoms with E-state index < -0.39 is 0 Å². The summed E-state index contributed by atoms with van der Waals surface area (Å²) in [6.07, 6.45) is 4.31. The molecule has 0 aliphatic rings. The molecule has 0 radical (unpaired) electrons. The highest BCUT2D eigenvalue weighted by molar-refractivity contribution is 5.19. The molecule has 3 nitrogen and oxygen atoms in total. The van der Waals surface area contributed by atoms with Gasteiger partial charge >= 0.3 is 0 Å². The van der Waals surface area contributed by atoms with Gasteiger partial charge in [0.25, 0.3) is 0 Å². The van der Waals surface area contributed by atoms with Crippen LogP contribution in [0, 0.1) is 0 Å². The van der Waals surface area contributed by atoms with Crippen LogP contribution in [0.5, 0.6) is 0 Å². The summed E-state index contributed by atoms with van der Waals surface area (Å²) in [5.74, 6) is 0. The van der Waals surface area contributed by atoms with Gasteiger partial charge in [-0.2, -0.15) is 0 Å². The van der Waals surface area contributed by atoms with Gasteiger partial charge in [0.15, 0.2) is 0 Å². The van der Waals surface area contributed by atoms with Gasteiger partial charge in [0.05, 0.1) is 5.69 Å². The van der Waals surface area contributed by atoms with Gasteiger partial charge in [-0.05, 0) is 44.1 Å². The monoisotopic (exact) mass is 249 g/mol. The highest BCUT2D eigenvalue weighted by atomic mass is 15.1. The predicted octanol–water partition coefficient (Wildman–Crippen LogP) is 2.81. The maximum absolute atomic E-state index is 4.55. The molecule has 0 saturated heterocycles. The Morgan fingerprint density at radius 3 is 2.50 bits per heavy atom. The zero-order valence-electron chi connectivity index (χ0n) is 12.1. The minimum absolute atomic E-state index is 0.922. The van der Waals surface area contributed by atoms with Crippen LogP contribution in [0.4, 0.5) is 0 Å². The average Bonchev–Trinajstić information content (AvgIpc) is 2.38. The molecule has 1 aromatic heterocycles. The van der Waals surface area contributed by atoms with Crippen LogP contribution in [0.3, 0.4) is 0 Å². The molecule has 0 saturated carbocycles. The van der Waals surface area contributed by atoms with Gasteiger partial charge in [-0.15, -0.1) is 0 Å². The maximum Gasteiger partial charge on any atom is 0.0588 e. The van der Waals surface area contributed by atoms with Gasteiger partial charge < -0.3 is 5.32 Å². The zero-order chi connectivity index (χ0) is 13.2. The van der Waals surface area contributed by atoms with Crippen molar-refractivity contribution >= 4 is 0 Å². The molecule has 1 rings (SSSR count). The van der Waals surface area contributed by atoms with Crippen LogP contribution in [0.1, 0.15) is 44.9 Å². The third-order valence-electron chi connectivity index (χ3n) is 3.00. The van der Waals surface area contributed by atoms with Crippen LogP contribution in [0.2, 0.25) is 0 Å². The first-order valence-electron chi connectivity index (χ1n) is 7.17. The Bertz CT molecular complexity index is 319. The van der Waals surface area contributed by atoms with E-state index in [2.05, 4.69) is 42.0 Å². The first-order valence-corrected chi connectivity index (χ1v) is 7.17. The summed E-state index contributed by atoms with van der Waals surface area (Å²) in [5, 5.41) is 3.38. The maximum atomic E-state index is 4.55. The summed E-state index contributed by atoms with van der Waals surface area (Å²) < 4.78 is 0. The normalized spacial score (nSPS) is 11.1. The van der Waals surface area contributed by atoms with Gasteiger partial charge in [0.2, 0.25) is 0 Å². The summed E-state index contributed by atoms with van der Waals surface area (Å²) in [5.41, 5.74) is 2.55. The number of nitrogens with one attached hydrogen (secondary N) is 1. The lowest BCUT2D eigenvalue weighted by atomic mass is 10.1. The van der Waals surface area contributed by atoms with Crippen molar-refractivity contribution in [3.8, 4) is 0 Å². The fourth-order valence-electron chi connectivity index (χ4n) is 2.15.